The Morgan fingerprint density at radius 3 is 2.31 bits per heavy atom. The first kappa shape index (κ1) is 17.9. The van der Waals surface area contributed by atoms with E-state index in [1.54, 1.807) is 11.0 Å². The molecule has 3 aromatic rings. The normalized spacial score (nSPS) is 10.7. The maximum atomic E-state index is 12.7. The average Bonchev–Trinajstić information content (AvgIpc) is 2.69. The molecular weight excluding hydrogens is 322 g/mol. The molecule has 0 radical (unpaired) electrons. The van der Waals surface area contributed by atoms with E-state index in [2.05, 4.69) is 48.0 Å². The number of para-hydroxylation sites is 1. The molecule has 0 N–H and O–H groups in total. The fourth-order valence-corrected chi connectivity index (χ4v) is 3.13. The minimum atomic E-state index is -0.0661. The van der Waals surface area contributed by atoms with Gasteiger partial charge < -0.3 is 9.80 Å². The van der Waals surface area contributed by atoms with Gasteiger partial charge in [-0.25, -0.2) is 4.98 Å². The largest absolute Gasteiger partial charge is 0.372 e. The third-order valence-corrected chi connectivity index (χ3v) is 4.65. The number of carbonyl (C=O) groups excluding carboxylic acids is 1. The smallest absolute Gasteiger partial charge is 0.272 e. The molecule has 134 valence electrons. The minimum Gasteiger partial charge on any atom is -0.372 e. The van der Waals surface area contributed by atoms with Crippen molar-refractivity contribution in [3.8, 4) is 0 Å². The zero-order valence-electron chi connectivity index (χ0n) is 15.6. The van der Waals surface area contributed by atoms with E-state index in [0.29, 0.717) is 12.2 Å². The molecule has 4 heteroatoms. The van der Waals surface area contributed by atoms with Gasteiger partial charge in [0.2, 0.25) is 0 Å². The summed E-state index contributed by atoms with van der Waals surface area (Å²) in [5.74, 6) is -0.0661. The Bertz CT molecular complexity index is 885. The van der Waals surface area contributed by atoms with E-state index in [0.717, 1.165) is 29.6 Å². The number of hydrogen-bond acceptors (Lipinski definition) is 3. The highest BCUT2D eigenvalue weighted by molar-refractivity contribution is 5.94. The summed E-state index contributed by atoms with van der Waals surface area (Å²) in [5.41, 5.74) is 3.64. The lowest BCUT2D eigenvalue weighted by Gasteiger charge is -2.22. The van der Waals surface area contributed by atoms with E-state index in [-0.39, 0.29) is 5.91 Å². The van der Waals surface area contributed by atoms with Crippen molar-refractivity contribution in [1.82, 2.24) is 9.88 Å². The maximum absolute atomic E-state index is 12.7. The quantitative estimate of drug-likeness (QED) is 0.665. The molecule has 3 rings (SSSR count). The van der Waals surface area contributed by atoms with Crippen molar-refractivity contribution in [3.63, 3.8) is 0 Å². The fraction of sp³-hybridized carbons (Fsp3) is 0.273. The van der Waals surface area contributed by atoms with Crippen LogP contribution in [0, 0.1) is 0 Å². The van der Waals surface area contributed by atoms with Crippen LogP contribution in [-0.2, 0) is 6.54 Å². The molecule has 0 aliphatic heterocycles. The van der Waals surface area contributed by atoms with Crippen LogP contribution in [0.5, 0.6) is 0 Å². The van der Waals surface area contributed by atoms with Crippen LogP contribution < -0.4 is 4.90 Å². The maximum Gasteiger partial charge on any atom is 0.272 e. The van der Waals surface area contributed by atoms with E-state index in [1.165, 1.54) is 5.69 Å². The second-order valence-corrected chi connectivity index (χ2v) is 6.39. The number of carbonyl (C=O) groups is 1. The van der Waals surface area contributed by atoms with Gasteiger partial charge in [-0.1, -0.05) is 36.4 Å². The van der Waals surface area contributed by atoms with Gasteiger partial charge in [-0.2, -0.15) is 0 Å². The van der Waals surface area contributed by atoms with Crippen LogP contribution >= 0.6 is 0 Å². The molecule has 1 heterocycles. The summed E-state index contributed by atoms with van der Waals surface area (Å²) < 4.78 is 0. The highest BCUT2D eigenvalue weighted by Gasteiger charge is 2.14. The van der Waals surface area contributed by atoms with E-state index in [9.17, 15) is 4.79 Å². The second kappa shape index (κ2) is 8.00. The van der Waals surface area contributed by atoms with Gasteiger partial charge in [0.15, 0.2) is 0 Å². The summed E-state index contributed by atoms with van der Waals surface area (Å²) in [7, 11) is 1.82. The Hall–Kier alpha value is -2.88. The van der Waals surface area contributed by atoms with Crippen LogP contribution in [0.4, 0.5) is 5.69 Å². The molecule has 0 saturated carbocycles. The summed E-state index contributed by atoms with van der Waals surface area (Å²) in [6.45, 7) is 6.84. The summed E-state index contributed by atoms with van der Waals surface area (Å²) in [5, 5.41) is 1.04. The van der Waals surface area contributed by atoms with Crippen LogP contribution in [0.3, 0.4) is 0 Å². The molecule has 1 aromatic heterocycles. The van der Waals surface area contributed by atoms with Gasteiger partial charge >= 0.3 is 0 Å². The van der Waals surface area contributed by atoms with Crippen molar-refractivity contribution < 1.29 is 4.79 Å². The van der Waals surface area contributed by atoms with Gasteiger partial charge in [-0.05, 0) is 43.7 Å². The van der Waals surface area contributed by atoms with E-state index in [4.69, 9.17) is 0 Å². The van der Waals surface area contributed by atoms with E-state index >= 15 is 0 Å². The van der Waals surface area contributed by atoms with Gasteiger partial charge in [-0.3, -0.25) is 4.79 Å². The van der Waals surface area contributed by atoms with Crippen LogP contribution in [0.2, 0.25) is 0 Å². The molecule has 26 heavy (non-hydrogen) atoms. The topological polar surface area (TPSA) is 36.4 Å². The Balaban J connectivity index is 1.72. The molecule has 0 aliphatic carbocycles. The van der Waals surface area contributed by atoms with E-state index in [1.807, 2.05) is 37.4 Å². The molecule has 0 aliphatic rings. The van der Waals surface area contributed by atoms with Crippen LogP contribution in [-0.4, -0.2) is 35.9 Å². The number of rotatable bonds is 6. The van der Waals surface area contributed by atoms with Gasteiger partial charge in [0, 0.05) is 37.8 Å². The molecule has 0 fully saturated rings. The zero-order chi connectivity index (χ0) is 18.5. The van der Waals surface area contributed by atoms with Crippen molar-refractivity contribution in [3.05, 3.63) is 71.9 Å². The zero-order valence-corrected chi connectivity index (χ0v) is 15.6. The highest BCUT2D eigenvalue weighted by Crippen LogP contribution is 2.17. The molecule has 0 bridgehead atoms. The van der Waals surface area contributed by atoms with Crippen molar-refractivity contribution in [2.75, 3.05) is 25.0 Å². The van der Waals surface area contributed by atoms with Crippen molar-refractivity contribution in [1.29, 1.82) is 0 Å². The number of fused-ring (bicyclic) bond motifs is 1. The van der Waals surface area contributed by atoms with Gasteiger partial charge in [0.25, 0.3) is 5.91 Å². The third kappa shape index (κ3) is 3.85. The second-order valence-electron chi connectivity index (χ2n) is 6.39. The van der Waals surface area contributed by atoms with Crippen LogP contribution in [0.15, 0.2) is 60.7 Å². The Morgan fingerprint density at radius 1 is 0.923 bits per heavy atom. The molecule has 0 saturated heterocycles. The summed E-state index contributed by atoms with van der Waals surface area (Å²) in [4.78, 5) is 21.2. The van der Waals surface area contributed by atoms with Crippen molar-refractivity contribution in [2.45, 2.75) is 20.4 Å². The van der Waals surface area contributed by atoms with Crippen molar-refractivity contribution >= 4 is 22.5 Å². The first-order chi connectivity index (χ1) is 12.6. The van der Waals surface area contributed by atoms with Crippen molar-refractivity contribution in [2.24, 2.45) is 0 Å². The number of aromatic nitrogens is 1. The van der Waals surface area contributed by atoms with Crippen LogP contribution in [0.1, 0.15) is 29.9 Å². The minimum absolute atomic E-state index is 0.0661. The molecule has 0 spiro atoms. The first-order valence-corrected chi connectivity index (χ1v) is 9.07. The predicted molar refractivity (Wildman–Crippen MR) is 108 cm³/mol. The number of benzene rings is 2. The lowest BCUT2D eigenvalue weighted by Crippen LogP contribution is -2.27. The van der Waals surface area contributed by atoms with E-state index < -0.39 is 0 Å². The monoisotopic (exact) mass is 347 g/mol. The molecular formula is C22H25N3O. The predicted octanol–water partition coefficient (Wildman–Crippen LogP) is 4.35. The van der Waals surface area contributed by atoms with Crippen LogP contribution in [0.25, 0.3) is 10.9 Å². The molecule has 2 aromatic carbocycles. The first-order valence-electron chi connectivity index (χ1n) is 9.07. The molecule has 1 amide bonds. The number of hydrogen-bond donors (Lipinski definition) is 0. The number of pyridine rings is 1. The standard InChI is InChI=1S/C22H25N3O/c1-4-25(5-2)19-13-10-17(11-14-19)16-24(3)22(26)21-15-12-18-8-6-7-9-20(18)23-21/h6-15H,4-5,16H2,1-3H3. The van der Waals surface area contributed by atoms with Gasteiger partial charge in [-0.15, -0.1) is 0 Å². The Morgan fingerprint density at radius 2 is 1.62 bits per heavy atom. The Kier molecular flexibility index (Phi) is 5.52. The Labute approximate surface area is 155 Å². The average molecular weight is 347 g/mol. The lowest BCUT2D eigenvalue weighted by atomic mass is 10.1. The number of amides is 1. The number of anilines is 1. The molecule has 0 atom stereocenters. The van der Waals surface area contributed by atoms with Gasteiger partial charge in [0.1, 0.15) is 5.69 Å². The molecule has 4 nitrogen and oxygen atoms in total. The SMILES string of the molecule is CCN(CC)c1ccc(CN(C)C(=O)c2ccc3ccccc3n2)cc1. The summed E-state index contributed by atoms with van der Waals surface area (Å²) in [6, 6.07) is 20.0. The summed E-state index contributed by atoms with van der Waals surface area (Å²) in [6.07, 6.45) is 0. The third-order valence-electron chi connectivity index (χ3n) is 4.65. The highest BCUT2D eigenvalue weighted by atomic mass is 16.2. The molecule has 0 unspecified atom stereocenters. The number of nitrogens with zero attached hydrogens (tertiary/aromatic N) is 3. The summed E-state index contributed by atoms with van der Waals surface area (Å²) >= 11 is 0. The van der Waals surface area contributed by atoms with Gasteiger partial charge in [0.05, 0.1) is 5.52 Å². The fourth-order valence-electron chi connectivity index (χ4n) is 3.13. The lowest BCUT2D eigenvalue weighted by molar-refractivity contribution is 0.0779.